The summed E-state index contributed by atoms with van der Waals surface area (Å²) in [6.45, 7) is 1.76. The van der Waals surface area contributed by atoms with Crippen LogP contribution in [0.2, 0.25) is 5.02 Å². The first-order valence-corrected chi connectivity index (χ1v) is 4.26. The van der Waals surface area contributed by atoms with Gasteiger partial charge in [0.2, 0.25) is 0 Å². The molecule has 0 saturated carbocycles. The van der Waals surface area contributed by atoms with Crippen LogP contribution in [0, 0.1) is 0 Å². The summed E-state index contributed by atoms with van der Waals surface area (Å²) in [4.78, 5) is 21.0. The molecule has 68 valence electrons. The Morgan fingerprint density at radius 3 is 2.54 bits per heavy atom. The van der Waals surface area contributed by atoms with E-state index in [1.807, 2.05) is 0 Å². The maximum atomic E-state index is 10.5. The van der Waals surface area contributed by atoms with E-state index in [0.29, 0.717) is 16.9 Å². The first-order chi connectivity index (χ1) is 6.17. The number of benzene rings is 1. The zero-order valence-corrected chi connectivity index (χ0v) is 7.91. The highest BCUT2D eigenvalue weighted by Gasteiger charge is 2.05. The van der Waals surface area contributed by atoms with Crippen molar-refractivity contribution in [2.45, 2.75) is 12.8 Å². The molecular weight excluding hydrogens is 188 g/mol. The zero-order valence-electron chi connectivity index (χ0n) is 7.16. The Labute approximate surface area is 81.5 Å². The second kappa shape index (κ2) is 4.19. The highest BCUT2D eigenvalue weighted by atomic mass is 35.5. The zero-order chi connectivity index (χ0) is 9.84. The Bertz CT molecular complexity index is 334. The lowest BCUT2D eigenvalue weighted by Gasteiger charge is -2.04. The van der Waals surface area contributed by atoms with E-state index in [-0.39, 0.29) is 5.92 Å². The number of hydrogen-bond donors (Lipinski definition) is 0. The van der Waals surface area contributed by atoms with Gasteiger partial charge in [-0.1, -0.05) is 18.5 Å². The Morgan fingerprint density at radius 2 is 2.00 bits per heavy atom. The Morgan fingerprint density at radius 1 is 1.31 bits per heavy atom. The summed E-state index contributed by atoms with van der Waals surface area (Å²) in [6, 6.07) is 4.92. The van der Waals surface area contributed by atoms with Gasteiger partial charge in [0.1, 0.15) is 12.6 Å². The first kappa shape index (κ1) is 9.93. The summed E-state index contributed by atoms with van der Waals surface area (Å²) in [5.41, 5.74) is 1.26. The molecule has 1 aromatic rings. The molecule has 0 aliphatic rings. The van der Waals surface area contributed by atoms with Crippen LogP contribution in [0.15, 0.2) is 18.2 Å². The molecule has 0 aliphatic carbocycles. The molecule has 2 nitrogen and oxygen atoms in total. The Balaban J connectivity index is 3.14. The van der Waals surface area contributed by atoms with E-state index in [1.165, 1.54) is 0 Å². The van der Waals surface area contributed by atoms with E-state index in [0.717, 1.165) is 11.8 Å². The molecule has 0 aromatic heterocycles. The third-order valence-corrected chi connectivity index (χ3v) is 2.03. The van der Waals surface area contributed by atoms with Gasteiger partial charge in [-0.2, -0.15) is 0 Å². The normalized spacial score (nSPS) is 12.2. The van der Waals surface area contributed by atoms with Gasteiger partial charge in [0.05, 0.1) is 0 Å². The molecule has 0 N–H and O–H groups in total. The van der Waals surface area contributed by atoms with Crippen LogP contribution in [0.1, 0.15) is 28.8 Å². The monoisotopic (exact) mass is 196 g/mol. The molecule has 1 unspecified atom stereocenters. The van der Waals surface area contributed by atoms with Gasteiger partial charge in [0, 0.05) is 16.5 Å². The summed E-state index contributed by atoms with van der Waals surface area (Å²) >= 11 is 5.75. The summed E-state index contributed by atoms with van der Waals surface area (Å²) in [6.07, 6.45) is 1.53. The maximum absolute atomic E-state index is 10.5. The van der Waals surface area contributed by atoms with Gasteiger partial charge in [0.15, 0.2) is 0 Å². The second-order valence-electron chi connectivity index (χ2n) is 2.86. The van der Waals surface area contributed by atoms with Gasteiger partial charge in [0.25, 0.3) is 0 Å². The number of aldehydes is 2. The van der Waals surface area contributed by atoms with E-state index >= 15 is 0 Å². The van der Waals surface area contributed by atoms with Crippen LogP contribution in [0.5, 0.6) is 0 Å². The van der Waals surface area contributed by atoms with Crippen molar-refractivity contribution < 1.29 is 9.59 Å². The molecule has 1 atom stereocenters. The molecule has 0 radical (unpaired) electrons. The van der Waals surface area contributed by atoms with Crippen molar-refractivity contribution in [2.75, 3.05) is 0 Å². The van der Waals surface area contributed by atoms with Crippen LogP contribution < -0.4 is 0 Å². The van der Waals surface area contributed by atoms with Gasteiger partial charge >= 0.3 is 0 Å². The van der Waals surface area contributed by atoms with Crippen LogP contribution in [-0.4, -0.2) is 12.6 Å². The molecule has 13 heavy (non-hydrogen) atoms. The molecule has 3 heteroatoms. The van der Waals surface area contributed by atoms with Crippen LogP contribution in [0.3, 0.4) is 0 Å². The minimum Gasteiger partial charge on any atom is -0.303 e. The largest absolute Gasteiger partial charge is 0.303 e. The Kier molecular flexibility index (Phi) is 3.20. The van der Waals surface area contributed by atoms with E-state index < -0.39 is 0 Å². The second-order valence-corrected chi connectivity index (χ2v) is 3.30. The van der Waals surface area contributed by atoms with Crippen molar-refractivity contribution in [2.24, 2.45) is 0 Å². The fourth-order valence-corrected chi connectivity index (χ4v) is 1.30. The van der Waals surface area contributed by atoms with E-state index in [9.17, 15) is 9.59 Å². The third-order valence-electron chi connectivity index (χ3n) is 1.81. The van der Waals surface area contributed by atoms with Gasteiger partial charge in [-0.15, -0.1) is 0 Å². The summed E-state index contributed by atoms with van der Waals surface area (Å²) in [7, 11) is 0. The molecule has 0 aliphatic heterocycles. The quantitative estimate of drug-likeness (QED) is 0.696. The van der Waals surface area contributed by atoms with E-state index in [2.05, 4.69) is 0 Å². The van der Waals surface area contributed by atoms with Crippen molar-refractivity contribution in [3.63, 3.8) is 0 Å². The van der Waals surface area contributed by atoms with E-state index in [4.69, 9.17) is 11.6 Å². The fourth-order valence-electron chi connectivity index (χ4n) is 1.05. The lowest BCUT2D eigenvalue weighted by Crippen LogP contribution is -1.95. The van der Waals surface area contributed by atoms with Crippen molar-refractivity contribution in [3.8, 4) is 0 Å². The Hall–Kier alpha value is -1.15. The summed E-state index contributed by atoms with van der Waals surface area (Å²) in [5.74, 6) is -0.225. The molecule has 0 amide bonds. The standard InChI is InChI=1S/C10H9ClO2/c1-7(5-12)9-2-8(6-13)3-10(11)4-9/h2-7H,1H3. The number of carbonyl (C=O) groups is 2. The predicted molar refractivity (Wildman–Crippen MR) is 51.3 cm³/mol. The highest BCUT2D eigenvalue weighted by Crippen LogP contribution is 2.19. The summed E-state index contributed by atoms with van der Waals surface area (Å²) < 4.78 is 0. The number of halogens is 1. The minimum atomic E-state index is -0.225. The highest BCUT2D eigenvalue weighted by molar-refractivity contribution is 6.30. The average Bonchev–Trinajstić information content (AvgIpc) is 2.15. The molecule has 1 rings (SSSR count). The number of rotatable bonds is 3. The van der Waals surface area contributed by atoms with Crippen molar-refractivity contribution in [3.05, 3.63) is 34.3 Å². The van der Waals surface area contributed by atoms with Gasteiger partial charge in [-0.05, 0) is 23.8 Å². The van der Waals surface area contributed by atoms with Crippen LogP contribution >= 0.6 is 11.6 Å². The van der Waals surface area contributed by atoms with E-state index in [1.54, 1.807) is 25.1 Å². The van der Waals surface area contributed by atoms with Crippen molar-refractivity contribution in [1.82, 2.24) is 0 Å². The molecule has 0 spiro atoms. The number of hydrogen-bond acceptors (Lipinski definition) is 2. The fraction of sp³-hybridized carbons (Fsp3) is 0.200. The maximum Gasteiger partial charge on any atom is 0.150 e. The van der Waals surface area contributed by atoms with Gasteiger partial charge in [-0.25, -0.2) is 0 Å². The minimum absolute atomic E-state index is 0.225. The smallest absolute Gasteiger partial charge is 0.150 e. The van der Waals surface area contributed by atoms with Gasteiger partial charge < -0.3 is 4.79 Å². The average molecular weight is 197 g/mol. The van der Waals surface area contributed by atoms with Gasteiger partial charge in [-0.3, -0.25) is 4.79 Å². The molecule has 0 fully saturated rings. The van der Waals surface area contributed by atoms with Crippen LogP contribution in [0.25, 0.3) is 0 Å². The summed E-state index contributed by atoms with van der Waals surface area (Å²) in [5, 5.41) is 0.480. The third kappa shape index (κ3) is 2.39. The molecule has 0 heterocycles. The number of carbonyl (C=O) groups excluding carboxylic acids is 2. The first-order valence-electron chi connectivity index (χ1n) is 3.88. The van der Waals surface area contributed by atoms with Crippen LogP contribution in [0.4, 0.5) is 0 Å². The molecule has 0 saturated heterocycles. The van der Waals surface area contributed by atoms with Crippen molar-refractivity contribution in [1.29, 1.82) is 0 Å². The predicted octanol–water partition coefficient (Wildman–Crippen LogP) is 2.45. The van der Waals surface area contributed by atoms with Crippen LogP contribution in [-0.2, 0) is 4.79 Å². The van der Waals surface area contributed by atoms with Crippen molar-refractivity contribution >= 4 is 24.2 Å². The SMILES string of the molecule is CC(C=O)c1cc(Cl)cc(C=O)c1. The molecule has 0 bridgehead atoms. The lowest BCUT2D eigenvalue weighted by atomic mass is 10.0. The molecule has 1 aromatic carbocycles. The topological polar surface area (TPSA) is 34.1 Å². The lowest BCUT2D eigenvalue weighted by molar-refractivity contribution is -0.108. The molecular formula is C10H9ClO2.